The fourth-order valence-electron chi connectivity index (χ4n) is 1.76. The SMILES string of the molecule is CNc1cnc(-c2cc3c(cc2Cl)OC(F)(F)O3)cn1. The lowest BCUT2D eigenvalue weighted by atomic mass is 10.1. The van der Waals surface area contributed by atoms with E-state index in [0.29, 0.717) is 17.1 Å². The molecule has 0 spiro atoms. The molecule has 0 radical (unpaired) electrons. The van der Waals surface area contributed by atoms with E-state index in [4.69, 9.17) is 11.6 Å². The molecule has 0 aliphatic carbocycles. The molecule has 0 atom stereocenters. The van der Waals surface area contributed by atoms with Crippen LogP contribution in [0.1, 0.15) is 0 Å². The number of halogens is 3. The van der Waals surface area contributed by atoms with Crippen molar-refractivity contribution in [3.05, 3.63) is 29.5 Å². The molecule has 2 aromatic rings. The van der Waals surface area contributed by atoms with E-state index in [1.165, 1.54) is 24.5 Å². The second kappa shape index (κ2) is 4.45. The molecule has 8 heteroatoms. The van der Waals surface area contributed by atoms with Gasteiger partial charge in [0.2, 0.25) is 0 Å². The fourth-order valence-corrected chi connectivity index (χ4v) is 2.01. The van der Waals surface area contributed by atoms with Crippen LogP contribution in [0, 0.1) is 0 Å². The summed E-state index contributed by atoms with van der Waals surface area (Å²) in [6, 6.07) is 2.61. The number of hydrogen-bond acceptors (Lipinski definition) is 5. The average molecular weight is 300 g/mol. The molecule has 0 fully saturated rings. The van der Waals surface area contributed by atoms with Crippen molar-refractivity contribution in [1.29, 1.82) is 0 Å². The molecule has 0 saturated carbocycles. The first-order valence-electron chi connectivity index (χ1n) is 5.58. The highest BCUT2D eigenvalue weighted by Gasteiger charge is 2.43. The van der Waals surface area contributed by atoms with Gasteiger partial charge in [-0.25, -0.2) is 4.98 Å². The number of anilines is 1. The van der Waals surface area contributed by atoms with Crippen molar-refractivity contribution in [2.24, 2.45) is 0 Å². The lowest BCUT2D eigenvalue weighted by Crippen LogP contribution is -2.25. The normalized spacial score (nSPS) is 15.2. The van der Waals surface area contributed by atoms with Crippen molar-refractivity contribution in [2.45, 2.75) is 6.29 Å². The molecule has 1 aliphatic heterocycles. The molecule has 1 aliphatic rings. The smallest absolute Gasteiger partial charge is 0.395 e. The number of rotatable bonds is 2. The van der Waals surface area contributed by atoms with Crippen molar-refractivity contribution < 1.29 is 18.3 Å². The molecular weight excluding hydrogens is 292 g/mol. The van der Waals surface area contributed by atoms with E-state index in [1.807, 2.05) is 0 Å². The van der Waals surface area contributed by atoms with Crippen molar-refractivity contribution in [3.8, 4) is 22.8 Å². The minimum atomic E-state index is -3.67. The van der Waals surface area contributed by atoms with Crippen LogP contribution in [-0.2, 0) is 0 Å². The monoisotopic (exact) mass is 299 g/mol. The lowest BCUT2D eigenvalue weighted by Gasteiger charge is -2.05. The van der Waals surface area contributed by atoms with E-state index >= 15 is 0 Å². The number of benzene rings is 1. The Bertz CT molecular complexity index is 664. The van der Waals surface area contributed by atoms with E-state index in [0.717, 1.165) is 0 Å². The molecule has 104 valence electrons. The number of fused-ring (bicyclic) bond motifs is 1. The van der Waals surface area contributed by atoms with E-state index in [-0.39, 0.29) is 16.5 Å². The average Bonchev–Trinajstić information content (AvgIpc) is 2.71. The first-order chi connectivity index (χ1) is 9.48. The first kappa shape index (κ1) is 12.9. The molecule has 1 aromatic heterocycles. The van der Waals surface area contributed by atoms with Crippen molar-refractivity contribution in [1.82, 2.24) is 9.97 Å². The van der Waals surface area contributed by atoms with Gasteiger partial charge in [0.05, 0.1) is 23.1 Å². The summed E-state index contributed by atoms with van der Waals surface area (Å²) in [5.41, 5.74) is 0.873. The van der Waals surface area contributed by atoms with Gasteiger partial charge in [-0.05, 0) is 6.07 Å². The van der Waals surface area contributed by atoms with Crippen LogP contribution >= 0.6 is 11.6 Å². The van der Waals surface area contributed by atoms with Gasteiger partial charge in [0, 0.05) is 18.7 Å². The third-order valence-electron chi connectivity index (χ3n) is 2.67. The van der Waals surface area contributed by atoms with Crippen LogP contribution in [0.25, 0.3) is 11.3 Å². The quantitative estimate of drug-likeness (QED) is 0.923. The molecule has 0 saturated heterocycles. The molecule has 1 aromatic carbocycles. The second-order valence-corrected chi connectivity index (χ2v) is 4.39. The van der Waals surface area contributed by atoms with Gasteiger partial charge in [-0.1, -0.05) is 11.6 Å². The zero-order chi connectivity index (χ0) is 14.3. The lowest BCUT2D eigenvalue weighted by molar-refractivity contribution is -0.286. The Labute approximate surface area is 117 Å². The standard InChI is InChI=1S/C12H8ClF2N3O2/c1-16-11-5-17-8(4-18-11)6-2-9-10(3-7(6)13)20-12(14,15)19-9/h2-5H,1H3,(H,16,18). The Morgan fingerprint density at radius 2 is 1.85 bits per heavy atom. The maximum atomic E-state index is 13.0. The largest absolute Gasteiger partial charge is 0.586 e. The van der Waals surface area contributed by atoms with Crippen LogP contribution in [0.4, 0.5) is 14.6 Å². The summed E-state index contributed by atoms with van der Waals surface area (Å²) in [5.74, 6) is 0.384. The molecule has 3 rings (SSSR count). The minimum absolute atomic E-state index is 0.0890. The van der Waals surface area contributed by atoms with E-state index < -0.39 is 6.29 Å². The highest BCUT2D eigenvalue weighted by atomic mass is 35.5. The molecule has 5 nitrogen and oxygen atoms in total. The summed E-state index contributed by atoms with van der Waals surface area (Å²) in [6.07, 6.45) is -0.690. The Morgan fingerprint density at radius 1 is 1.15 bits per heavy atom. The molecule has 0 unspecified atom stereocenters. The molecule has 0 bridgehead atoms. The predicted octanol–water partition coefficient (Wildman–Crippen LogP) is 3.16. The Balaban J connectivity index is 2.03. The highest BCUT2D eigenvalue weighted by Crippen LogP contribution is 2.45. The van der Waals surface area contributed by atoms with Crippen molar-refractivity contribution in [3.63, 3.8) is 0 Å². The van der Waals surface area contributed by atoms with E-state index in [9.17, 15) is 8.78 Å². The van der Waals surface area contributed by atoms with Gasteiger partial charge in [-0.15, -0.1) is 8.78 Å². The second-order valence-electron chi connectivity index (χ2n) is 3.98. The zero-order valence-electron chi connectivity index (χ0n) is 10.2. The van der Waals surface area contributed by atoms with Crippen LogP contribution in [0.3, 0.4) is 0 Å². The highest BCUT2D eigenvalue weighted by molar-refractivity contribution is 6.33. The summed E-state index contributed by atoms with van der Waals surface area (Å²) in [4.78, 5) is 8.23. The number of hydrogen-bond donors (Lipinski definition) is 1. The Morgan fingerprint density at radius 3 is 2.45 bits per heavy atom. The summed E-state index contributed by atoms with van der Waals surface area (Å²) >= 11 is 6.05. The van der Waals surface area contributed by atoms with Crippen molar-refractivity contribution >= 4 is 17.4 Å². The number of nitrogens with zero attached hydrogens (tertiary/aromatic N) is 2. The zero-order valence-corrected chi connectivity index (χ0v) is 10.9. The molecule has 0 amide bonds. The number of aromatic nitrogens is 2. The first-order valence-corrected chi connectivity index (χ1v) is 5.96. The van der Waals surface area contributed by atoms with Gasteiger partial charge in [-0.3, -0.25) is 4.98 Å². The maximum absolute atomic E-state index is 13.0. The molecular formula is C12H8ClF2N3O2. The Hall–Kier alpha value is -2.15. The van der Waals surface area contributed by atoms with Gasteiger partial charge in [0.25, 0.3) is 0 Å². The molecule has 2 heterocycles. The van der Waals surface area contributed by atoms with Crippen LogP contribution in [0.15, 0.2) is 24.5 Å². The van der Waals surface area contributed by atoms with Crippen LogP contribution in [0.5, 0.6) is 11.5 Å². The van der Waals surface area contributed by atoms with Gasteiger partial charge in [0.15, 0.2) is 11.5 Å². The van der Waals surface area contributed by atoms with Gasteiger partial charge < -0.3 is 14.8 Å². The minimum Gasteiger partial charge on any atom is -0.395 e. The van der Waals surface area contributed by atoms with Crippen LogP contribution in [0.2, 0.25) is 5.02 Å². The third kappa shape index (κ3) is 2.20. The third-order valence-corrected chi connectivity index (χ3v) is 2.99. The van der Waals surface area contributed by atoms with Crippen LogP contribution in [-0.4, -0.2) is 23.3 Å². The number of alkyl halides is 2. The van der Waals surface area contributed by atoms with Crippen molar-refractivity contribution in [2.75, 3.05) is 12.4 Å². The Kier molecular flexibility index (Phi) is 2.86. The van der Waals surface area contributed by atoms with E-state index in [2.05, 4.69) is 24.8 Å². The fraction of sp³-hybridized carbons (Fsp3) is 0.167. The summed E-state index contributed by atoms with van der Waals surface area (Å²) in [7, 11) is 1.71. The maximum Gasteiger partial charge on any atom is 0.586 e. The summed E-state index contributed by atoms with van der Waals surface area (Å²) in [6.45, 7) is 0. The van der Waals surface area contributed by atoms with Gasteiger partial charge in [-0.2, -0.15) is 0 Å². The summed E-state index contributed by atoms with van der Waals surface area (Å²) < 4.78 is 34.7. The molecule has 1 N–H and O–H groups in total. The number of nitrogens with one attached hydrogen (secondary N) is 1. The topological polar surface area (TPSA) is 56.3 Å². The van der Waals surface area contributed by atoms with E-state index in [1.54, 1.807) is 7.05 Å². The molecule has 20 heavy (non-hydrogen) atoms. The van der Waals surface area contributed by atoms with Gasteiger partial charge in [0.1, 0.15) is 5.82 Å². The van der Waals surface area contributed by atoms with Gasteiger partial charge >= 0.3 is 6.29 Å². The number of ether oxygens (including phenoxy) is 2. The van der Waals surface area contributed by atoms with Crippen LogP contribution < -0.4 is 14.8 Å². The summed E-state index contributed by atoms with van der Waals surface area (Å²) in [5, 5.41) is 3.04. The predicted molar refractivity (Wildman–Crippen MR) is 68.2 cm³/mol.